The lowest BCUT2D eigenvalue weighted by Crippen LogP contribution is -2.41. The minimum Gasteiger partial charge on any atom is -0.444 e. The van der Waals surface area contributed by atoms with Gasteiger partial charge in [-0.1, -0.05) is 17.7 Å². The van der Waals surface area contributed by atoms with Crippen molar-refractivity contribution in [3.8, 4) is 5.69 Å². The molecule has 1 N–H and O–H groups in total. The monoisotopic (exact) mass is 501 g/mol. The number of nitrogens with zero attached hydrogens (tertiary/aromatic N) is 6. The van der Waals surface area contributed by atoms with Gasteiger partial charge in [-0.25, -0.2) is 19.0 Å². The summed E-state index contributed by atoms with van der Waals surface area (Å²) in [5.74, 6) is 0.404. The van der Waals surface area contributed by atoms with Crippen LogP contribution >= 0.6 is 0 Å². The maximum absolute atomic E-state index is 13.2. The molecule has 1 saturated heterocycles. The number of likely N-dealkylation sites (tertiary alicyclic amines) is 1. The molecule has 2 amide bonds. The van der Waals surface area contributed by atoms with Crippen molar-refractivity contribution in [3.05, 3.63) is 71.8 Å². The van der Waals surface area contributed by atoms with Crippen molar-refractivity contribution in [3.63, 3.8) is 0 Å². The van der Waals surface area contributed by atoms with E-state index in [1.807, 2.05) is 58.0 Å². The van der Waals surface area contributed by atoms with Gasteiger partial charge in [0.15, 0.2) is 5.65 Å². The van der Waals surface area contributed by atoms with E-state index in [9.17, 15) is 9.59 Å². The van der Waals surface area contributed by atoms with E-state index in [1.54, 1.807) is 32.6 Å². The molecule has 10 heteroatoms. The molecular formula is C27H31N7O3. The molecular weight excluding hydrogens is 470 g/mol. The predicted molar refractivity (Wildman–Crippen MR) is 139 cm³/mol. The number of piperidine rings is 1. The van der Waals surface area contributed by atoms with Gasteiger partial charge in [-0.3, -0.25) is 4.79 Å². The molecule has 1 aromatic carbocycles. The molecule has 0 unspecified atom stereocenters. The first-order valence-electron chi connectivity index (χ1n) is 12.4. The highest BCUT2D eigenvalue weighted by atomic mass is 16.6. The van der Waals surface area contributed by atoms with Crippen molar-refractivity contribution < 1.29 is 14.3 Å². The number of anilines is 1. The Balaban J connectivity index is 1.39. The number of rotatable bonds is 4. The first-order valence-corrected chi connectivity index (χ1v) is 12.4. The number of carbonyl (C=O) groups excluding carboxylic acids is 2. The second-order valence-corrected chi connectivity index (χ2v) is 10.3. The van der Waals surface area contributed by atoms with E-state index >= 15 is 0 Å². The first kappa shape index (κ1) is 24.5. The van der Waals surface area contributed by atoms with Gasteiger partial charge >= 0.3 is 6.09 Å². The third kappa shape index (κ3) is 5.32. The SMILES string of the molecule is Cc1ccc(-n2nc(C3CCN(C(=O)OC(C)(C)C)CC3)cc2NC(=O)c2cnn3cccnc23)cc1. The summed E-state index contributed by atoms with van der Waals surface area (Å²) in [6.45, 7) is 8.81. The highest BCUT2D eigenvalue weighted by Crippen LogP contribution is 2.31. The van der Waals surface area contributed by atoms with E-state index < -0.39 is 5.60 Å². The fourth-order valence-corrected chi connectivity index (χ4v) is 4.43. The molecule has 192 valence electrons. The van der Waals surface area contributed by atoms with Gasteiger partial charge in [-0.2, -0.15) is 10.2 Å². The van der Waals surface area contributed by atoms with Crippen LogP contribution in [0.5, 0.6) is 0 Å². The summed E-state index contributed by atoms with van der Waals surface area (Å²) < 4.78 is 8.85. The molecule has 4 heterocycles. The smallest absolute Gasteiger partial charge is 0.410 e. The minimum atomic E-state index is -0.523. The molecule has 1 fully saturated rings. The van der Waals surface area contributed by atoms with E-state index in [0.29, 0.717) is 30.1 Å². The zero-order chi connectivity index (χ0) is 26.2. The number of nitrogens with one attached hydrogen (secondary N) is 1. The standard InChI is InChI=1S/C27H31N7O3/c1-18-6-8-20(9-7-18)34-23(30-25(35)21-17-29-33-13-5-12-28-24(21)33)16-22(31-34)19-10-14-32(15-11-19)26(36)37-27(2,3)4/h5-9,12-13,16-17,19H,10-11,14-15H2,1-4H3,(H,30,35). The third-order valence-electron chi connectivity index (χ3n) is 6.34. The van der Waals surface area contributed by atoms with Crippen molar-refractivity contribution >= 4 is 23.5 Å². The Kier molecular flexibility index (Phi) is 6.41. The molecule has 1 aliphatic rings. The Morgan fingerprint density at radius 3 is 2.54 bits per heavy atom. The van der Waals surface area contributed by atoms with Crippen molar-refractivity contribution in [2.24, 2.45) is 0 Å². The van der Waals surface area contributed by atoms with Gasteiger partial charge in [0.25, 0.3) is 5.91 Å². The zero-order valence-electron chi connectivity index (χ0n) is 21.5. The summed E-state index contributed by atoms with van der Waals surface area (Å²) in [5.41, 5.74) is 3.19. The molecule has 1 aliphatic heterocycles. The Labute approximate surface area is 215 Å². The number of aromatic nitrogens is 5. The van der Waals surface area contributed by atoms with Crippen molar-refractivity contribution in [1.82, 2.24) is 29.3 Å². The number of hydrogen-bond donors (Lipinski definition) is 1. The zero-order valence-corrected chi connectivity index (χ0v) is 21.5. The van der Waals surface area contributed by atoms with Gasteiger partial charge in [0.05, 0.1) is 17.6 Å². The Morgan fingerprint density at radius 2 is 1.84 bits per heavy atom. The molecule has 10 nitrogen and oxygen atoms in total. The van der Waals surface area contributed by atoms with Crippen LogP contribution in [0.25, 0.3) is 11.3 Å². The van der Waals surface area contributed by atoms with E-state index in [-0.39, 0.29) is 17.9 Å². The fourth-order valence-electron chi connectivity index (χ4n) is 4.43. The van der Waals surface area contributed by atoms with Crippen LogP contribution in [0, 0.1) is 6.92 Å². The van der Waals surface area contributed by atoms with Crippen LogP contribution in [0.15, 0.2) is 55.0 Å². The van der Waals surface area contributed by atoms with Crippen LogP contribution in [-0.2, 0) is 4.74 Å². The fraction of sp³-hybridized carbons (Fsp3) is 0.370. The highest BCUT2D eigenvalue weighted by Gasteiger charge is 2.29. The van der Waals surface area contributed by atoms with E-state index in [0.717, 1.165) is 29.8 Å². The third-order valence-corrected chi connectivity index (χ3v) is 6.34. The second kappa shape index (κ2) is 9.68. The summed E-state index contributed by atoms with van der Waals surface area (Å²) in [4.78, 5) is 31.8. The molecule has 0 saturated carbocycles. The molecule has 4 aromatic rings. The van der Waals surface area contributed by atoms with E-state index in [1.165, 1.54) is 6.20 Å². The summed E-state index contributed by atoms with van der Waals surface area (Å²) in [7, 11) is 0. The minimum absolute atomic E-state index is 0.152. The molecule has 37 heavy (non-hydrogen) atoms. The van der Waals surface area contributed by atoms with Crippen LogP contribution in [0.2, 0.25) is 0 Å². The number of amides is 2. The van der Waals surface area contributed by atoms with Crippen LogP contribution in [-0.4, -0.2) is 60.0 Å². The van der Waals surface area contributed by atoms with Gasteiger partial charge in [-0.15, -0.1) is 0 Å². The van der Waals surface area contributed by atoms with E-state index in [4.69, 9.17) is 9.84 Å². The predicted octanol–water partition coefficient (Wildman–Crippen LogP) is 4.59. The molecule has 0 radical (unpaired) electrons. The van der Waals surface area contributed by atoms with Crippen LogP contribution in [0.4, 0.5) is 10.6 Å². The summed E-state index contributed by atoms with van der Waals surface area (Å²) in [5, 5.41) is 12.1. The maximum Gasteiger partial charge on any atom is 0.410 e. The molecule has 5 rings (SSSR count). The van der Waals surface area contributed by atoms with Crippen LogP contribution in [0.1, 0.15) is 61.1 Å². The van der Waals surface area contributed by atoms with Crippen molar-refractivity contribution in [1.29, 1.82) is 0 Å². The average Bonchev–Trinajstić information content (AvgIpc) is 3.48. The largest absolute Gasteiger partial charge is 0.444 e. The normalized spacial score (nSPS) is 14.6. The van der Waals surface area contributed by atoms with Gasteiger partial charge in [0.1, 0.15) is 17.0 Å². The quantitative estimate of drug-likeness (QED) is 0.438. The number of hydrogen-bond acceptors (Lipinski definition) is 6. The number of benzene rings is 1. The summed E-state index contributed by atoms with van der Waals surface area (Å²) >= 11 is 0. The van der Waals surface area contributed by atoms with Gasteiger partial charge in [-0.05, 0) is 58.7 Å². The topological polar surface area (TPSA) is 107 Å². The van der Waals surface area contributed by atoms with Gasteiger partial charge in [0.2, 0.25) is 0 Å². The lowest BCUT2D eigenvalue weighted by Gasteiger charge is -2.32. The lowest BCUT2D eigenvalue weighted by atomic mass is 9.94. The highest BCUT2D eigenvalue weighted by molar-refractivity contribution is 6.07. The second-order valence-electron chi connectivity index (χ2n) is 10.3. The van der Waals surface area contributed by atoms with E-state index in [2.05, 4.69) is 15.4 Å². The van der Waals surface area contributed by atoms with Gasteiger partial charge in [0, 0.05) is 37.5 Å². The van der Waals surface area contributed by atoms with Gasteiger partial charge < -0.3 is 15.0 Å². The Hall–Kier alpha value is -4.21. The number of fused-ring (bicyclic) bond motifs is 1. The molecule has 0 aliphatic carbocycles. The average molecular weight is 502 g/mol. The van der Waals surface area contributed by atoms with Crippen molar-refractivity contribution in [2.45, 2.75) is 52.1 Å². The Bertz CT molecular complexity index is 1420. The Morgan fingerprint density at radius 1 is 1.11 bits per heavy atom. The first-order chi connectivity index (χ1) is 17.7. The summed E-state index contributed by atoms with van der Waals surface area (Å²) in [6.07, 6.45) is 6.12. The van der Waals surface area contributed by atoms with Crippen LogP contribution < -0.4 is 5.32 Å². The molecule has 3 aromatic heterocycles. The number of carbonyl (C=O) groups is 2. The number of ether oxygens (including phenoxy) is 1. The van der Waals surface area contributed by atoms with Crippen molar-refractivity contribution in [2.75, 3.05) is 18.4 Å². The molecule has 0 spiro atoms. The lowest BCUT2D eigenvalue weighted by molar-refractivity contribution is 0.0204. The molecule has 0 atom stereocenters. The molecule has 0 bridgehead atoms. The summed E-state index contributed by atoms with van der Waals surface area (Å²) in [6, 6.07) is 11.7. The van der Waals surface area contributed by atoms with Crippen LogP contribution in [0.3, 0.4) is 0 Å². The number of aryl methyl sites for hydroxylation is 1. The maximum atomic E-state index is 13.2.